The number of nitriles is 1. The topological polar surface area (TPSA) is 224 Å². The van der Waals surface area contributed by atoms with Gasteiger partial charge >= 0.3 is 152 Å². The van der Waals surface area contributed by atoms with Crippen LogP contribution in [0.15, 0.2) is 95.6 Å². The minimum absolute atomic E-state index is 0.00430. The van der Waals surface area contributed by atoms with Gasteiger partial charge in [0.1, 0.15) is 23.1 Å². The van der Waals surface area contributed by atoms with E-state index < -0.39 is 35.5 Å². The van der Waals surface area contributed by atoms with Gasteiger partial charge in [-0.1, -0.05) is 12.1 Å². The van der Waals surface area contributed by atoms with E-state index in [4.69, 9.17) is 25.8 Å². The van der Waals surface area contributed by atoms with Crippen molar-refractivity contribution in [2.24, 2.45) is 5.10 Å². The van der Waals surface area contributed by atoms with E-state index in [1.54, 1.807) is 60.5 Å². The first-order valence-electron chi connectivity index (χ1n) is 20.5. The first-order chi connectivity index (χ1) is 30.1. The molecule has 1 amide bonds. The number of ether oxygens (including phenoxy) is 2. The van der Waals surface area contributed by atoms with Gasteiger partial charge in [-0.2, -0.15) is 5.26 Å². The third-order valence-electron chi connectivity index (χ3n) is 10.3. The molecule has 16 nitrogen and oxygen atoms in total. The molecule has 4 aromatic rings. The number of anilines is 1. The molecule has 1 unspecified atom stereocenters. The van der Waals surface area contributed by atoms with Crippen LogP contribution < -0.4 is 24.2 Å². The van der Waals surface area contributed by atoms with E-state index in [1.807, 2.05) is 36.4 Å². The Bertz CT molecular complexity index is 2250. The summed E-state index contributed by atoms with van der Waals surface area (Å²) in [5.74, 6) is 1.38. The molecule has 63 heavy (non-hydrogen) atoms. The molecule has 1 atom stereocenters. The van der Waals surface area contributed by atoms with Gasteiger partial charge in [-0.15, -0.1) is 0 Å². The molecule has 2 aliphatic rings. The number of amides is 1. The predicted molar refractivity (Wildman–Crippen MR) is 253 cm³/mol. The number of carbonyl (C=O) groups excluding carboxylic acids is 1. The molecular formula is C43H55N6O10P3S. The summed E-state index contributed by atoms with van der Waals surface area (Å²) in [6.45, 7) is 2.70. The molecule has 4 aromatic carbocycles. The molecule has 338 valence electrons. The number of benzene rings is 4. The molecule has 0 aliphatic carbocycles. The van der Waals surface area contributed by atoms with Crippen LogP contribution in [-0.4, -0.2) is 104 Å². The van der Waals surface area contributed by atoms with Crippen molar-refractivity contribution in [3.8, 4) is 23.3 Å². The number of nitrogens with one attached hydrogen (secondary N) is 1. The van der Waals surface area contributed by atoms with Gasteiger partial charge in [0.15, 0.2) is 0 Å². The van der Waals surface area contributed by atoms with Crippen LogP contribution in [0, 0.1) is 11.3 Å². The van der Waals surface area contributed by atoms with Crippen LogP contribution in [-0.2, 0) is 42.3 Å². The third-order valence-corrected chi connectivity index (χ3v) is 14.2. The SMILES string of the molecule is CN(/N=C/c1ccc(OCOc2ccc(CCNC(=O)/C(C#N)=C\c3cc4c5c(c3)CCCN5CCC4)cc2)cc1)[PH](=S)Oc1ccc(CCN(C[PH](O)(O)O)C[PH](O)(O)O)cc1. The maximum atomic E-state index is 12.9. The Labute approximate surface area is 374 Å². The molecule has 0 fully saturated rings. The van der Waals surface area contributed by atoms with E-state index >= 15 is 0 Å². The molecule has 0 saturated heterocycles. The van der Waals surface area contributed by atoms with Gasteiger partial charge in [0.25, 0.3) is 5.91 Å². The van der Waals surface area contributed by atoms with E-state index in [-0.39, 0.29) is 24.8 Å². The van der Waals surface area contributed by atoms with E-state index in [0.29, 0.717) is 36.6 Å². The number of hydrogen-bond acceptors (Lipinski definition) is 15. The molecule has 7 N–H and O–H groups in total. The van der Waals surface area contributed by atoms with Crippen LogP contribution in [0.5, 0.6) is 17.2 Å². The summed E-state index contributed by atoms with van der Waals surface area (Å²) in [5, 5.41) is 17.1. The van der Waals surface area contributed by atoms with Crippen molar-refractivity contribution in [3.05, 3.63) is 124 Å². The number of aryl methyl sites for hydroxylation is 2. The van der Waals surface area contributed by atoms with Gasteiger partial charge in [-0.3, -0.25) is 4.79 Å². The standard InChI is InChI=1S/C43H55N6O10P3S/c1-47(60(63)59-41-16-8-33(9-17-41)19-23-48(29-61(51,52)53)30-62(54,55)56)46-28-34-10-14-40(15-11-34)58-31-57-39-12-6-32(7-13-39)18-20-45-43(50)38(27-44)26-35-24-36-4-2-21-49-22-3-5-37(25-35)42(36)49/h6-17,24-26,28,51-56,60-62H,2-5,18-23,29-31H2,1H3,(H,45,50)/b38-26-,46-28+. The van der Waals surface area contributed by atoms with Crippen molar-refractivity contribution < 1.29 is 48.2 Å². The summed E-state index contributed by atoms with van der Waals surface area (Å²) in [7, 11) is -9.27. The minimum atomic E-state index is -4.52. The Morgan fingerprint density at radius 3 is 1.94 bits per heavy atom. The van der Waals surface area contributed by atoms with Gasteiger partial charge in [0.05, 0.1) is 6.21 Å². The second-order valence-corrected chi connectivity index (χ2v) is 21.6. The Morgan fingerprint density at radius 2 is 1.38 bits per heavy atom. The van der Waals surface area contributed by atoms with Gasteiger partial charge in [0, 0.05) is 25.3 Å². The summed E-state index contributed by atoms with van der Waals surface area (Å²) >= 11 is 5.56. The molecule has 2 aliphatic heterocycles. The van der Waals surface area contributed by atoms with E-state index in [2.05, 4.69) is 33.5 Å². The Hall–Kier alpha value is -4.52. The summed E-state index contributed by atoms with van der Waals surface area (Å²) < 4.78 is 19.0. The Kier molecular flexibility index (Phi) is 17.0. The van der Waals surface area contributed by atoms with Crippen LogP contribution in [0.1, 0.15) is 46.2 Å². The number of rotatable bonds is 21. The molecule has 0 saturated carbocycles. The molecule has 0 bridgehead atoms. The summed E-state index contributed by atoms with van der Waals surface area (Å²) in [5.41, 5.74) is 7.63. The number of hydrazone groups is 1. The number of hydrogen-bond donors (Lipinski definition) is 7. The molecule has 6 rings (SSSR count). The molecular weight excluding hydrogens is 885 g/mol. The zero-order valence-electron chi connectivity index (χ0n) is 34.9. The van der Waals surface area contributed by atoms with Gasteiger partial charge in [-0.05, 0) is 115 Å². The summed E-state index contributed by atoms with van der Waals surface area (Å²) in [4.78, 5) is 73.2. The average molecular weight is 941 g/mol. The van der Waals surface area contributed by atoms with E-state index in [1.165, 1.54) is 21.7 Å². The molecule has 2 heterocycles. The van der Waals surface area contributed by atoms with Crippen molar-refractivity contribution in [1.82, 2.24) is 15.0 Å². The fourth-order valence-electron chi connectivity index (χ4n) is 7.41. The van der Waals surface area contributed by atoms with Crippen molar-refractivity contribution >= 4 is 58.7 Å². The van der Waals surface area contributed by atoms with Crippen LogP contribution in [0.2, 0.25) is 0 Å². The van der Waals surface area contributed by atoms with Crippen LogP contribution in [0.25, 0.3) is 6.08 Å². The average Bonchev–Trinajstić information content (AvgIpc) is 3.24. The van der Waals surface area contributed by atoms with Crippen LogP contribution in [0.3, 0.4) is 0 Å². The first kappa shape index (κ1) is 47.9. The van der Waals surface area contributed by atoms with Crippen molar-refractivity contribution in [3.63, 3.8) is 0 Å². The zero-order chi connectivity index (χ0) is 45.0. The van der Waals surface area contributed by atoms with Gasteiger partial charge in [0.2, 0.25) is 6.79 Å². The van der Waals surface area contributed by atoms with E-state index in [0.717, 1.165) is 61.0 Å². The van der Waals surface area contributed by atoms with Crippen molar-refractivity contribution in [1.29, 1.82) is 5.26 Å². The quantitative estimate of drug-likeness (QED) is 0.0151. The Morgan fingerprint density at radius 1 is 0.841 bits per heavy atom. The zero-order valence-corrected chi connectivity index (χ0v) is 38.7. The van der Waals surface area contributed by atoms with Crippen molar-refractivity contribution in [2.45, 2.75) is 38.5 Å². The molecule has 0 spiro atoms. The number of carbonyl (C=O) groups is 1. The fourth-order valence-corrected chi connectivity index (χ4v) is 10.4. The first-order valence-corrected chi connectivity index (χ1v) is 27.1. The van der Waals surface area contributed by atoms with Gasteiger partial charge in [-0.25, -0.2) is 0 Å². The summed E-state index contributed by atoms with van der Waals surface area (Å²) in [6.07, 6.45) is 7.46. The summed E-state index contributed by atoms with van der Waals surface area (Å²) in [6, 6.07) is 28.2. The van der Waals surface area contributed by atoms with Crippen molar-refractivity contribution in [2.75, 3.05) is 57.5 Å². The predicted octanol–water partition coefficient (Wildman–Crippen LogP) is 4.62. The molecule has 20 heteroatoms. The normalized spacial score (nSPS) is 15.0. The monoisotopic (exact) mass is 940 g/mol. The fraction of sp³-hybridized carbons (Fsp3) is 0.326. The number of nitrogens with zero attached hydrogens (tertiary/aromatic N) is 5. The third kappa shape index (κ3) is 15.3. The van der Waals surface area contributed by atoms with E-state index in [9.17, 15) is 39.4 Å². The maximum absolute atomic E-state index is 12.9. The Balaban J connectivity index is 0.883. The molecule has 0 aromatic heterocycles. The second kappa shape index (κ2) is 22.4. The molecule has 0 radical (unpaired) electrons. The van der Waals surface area contributed by atoms with Crippen LogP contribution >= 0.6 is 23.0 Å². The second-order valence-electron chi connectivity index (χ2n) is 15.5. The van der Waals surface area contributed by atoms with Crippen LogP contribution in [0.4, 0.5) is 5.69 Å². The van der Waals surface area contributed by atoms with Gasteiger partial charge < -0.3 is 19.7 Å².